The Hall–Kier alpha value is -1.95. The maximum absolute atomic E-state index is 13.4. The van der Waals surface area contributed by atoms with E-state index in [-0.39, 0.29) is 17.1 Å². The zero-order chi connectivity index (χ0) is 13.8. The van der Waals surface area contributed by atoms with E-state index in [4.69, 9.17) is 16.3 Å². The van der Waals surface area contributed by atoms with Gasteiger partial charge in [-0.2, -0.15) is 15.0 Å². The maximum Gasteiger partial charge on any atom is 0.328 e. The molecule has 0 aliphatic carbocycles. The third kappa shape index (κ3) is 3.51. The first kappa shape index (κ1) is 13.5. The number of hydrogen-bond donors (Lipinski definition) is 1. The molecule has 0 saturated carbocycles. The van der Waals surface area contributed by atoms with Crippen LogP contribution < -0.4 is 10.1 Å². The van der Waals surface area contributed by atoms with E-state index in [0.717, 1.165) is 0 Å². The summed E-state index contributed by atoms with van der Waals surface area (Å²) in [6.45, 7) is 4.20. The predicted octanol–water partition coefficient (Wildman–Crippen LogP) is 3.20. The Morgan fingerprint density at radius 3 is 2.79 bits per heavy atom. The van der Waals surface area contributed by atoms with Gasteiger partial charge in [0.25, 0.3) is 0 Å². The first-order valence-corrected chi connectivity index (χ1v) is 6.05. The summed E-state index contributed by atoms with van der Waals surface area (Å²) in [4.78, 5) is 11.7. The van der Waals surface area contributed by atoms with E-state index < -0.39 is 0 Å². The number of rotatable bonds is 4. The average Bonchev–Trinajstić information content (AvgIpc) is 2.33. The lowest BCUT2D eigenvalue weighted by atomic mass is 10.2. The molecular weight excluding hydrogens is 271 g/mol. The molecule has 1 heterocycles. The second-order valence-electron chi connectivity index (χ2n) is 3.75. The average molecular weight is 283 g/mol. The monoisotopic (exact) mass is 282 g/mol. The van der Waals surface area contributed by atoms with Gasteiger partial charge >= 0.3 is 6.01 Å². The number of hydrogen-bond acceptors (Lipinski definition) is 5. The van der Waals surface area contributed by atoms with E-state index in [1.807, 2.05) is 6.92 Å². The van der Waals surface area contributed by atoms with Crippen LogP contribution in [0.1, 0.15) is 12.5 Å². The molecule has 0 spiro atoms. The Bertz CT molecular complexity index is 594. The van der Waals surface area contributed by atoms with Crippen molar-refractivity contribution in [1.29, 1.82) is 0 Å². The van der Waals surface area contributed by atoms with Crippen LogP contribution in [0.15, 0.2) is 18.2 Å². The fourth-order valence-corrected chi connectivity index (χ4v) is 1.51. The predicted molar refractivity (Wildman–Crippen MR) is 70.2 cm³/mol. The van der Waals surface area contributed by atoms with E-state index >= 15 is 0 Å². The van der Waals surface area contributed by atoms with Crippen molar-refractivity contribution < 1.29 is 9.13 Å². The molecule has 0 amide bonds. The summed E-state index contributed by atoms with van der Waals surface area (Å²) in [6, 6.07) is 4.51. The summed E-state index contributed by atoms with van der Waals surface area (Å²) in [5.74, 6) is 0.252. The SMILES string of the molecule is CCNc1nc(Cl)nc(Oc2ccc(C)c(F)c2)n1. The van der Waals surface area contributed by atoms with Gasteiger partial charge in [-0.3, -0.25) is 0 Å². The van der Waals surface area contributed by atoms with Crippen molar-refractivity contribution in [3.8, 4) is 11.8 Å². The van der Waals surface area contributed by atoms with Gasteiger partial charge < -0.3 is 10.1 Å². The molecule has 7 heteroatoms. The molecule has 1 N–H and O–H groups in total. The third-order valence-electron chi connectivity index (χ3n) is 2.27. The highest BCUT2D eigenvalue weighted by molar-refractivity contribution is 6.28. The van der Waals surface area contributed by atoms with E-state index in [0.29, 0.717) is 23.8 Å². The molecule has 0 fully saturated rings. The van der Waals surface area contributed by atoms with Crippen LogP contribution in [-0.4, -0.2) is 21.5 Å². The van der Waals surface area contributed by atoms with Crippen molar-refractivity contribution in [3.63, 3.8) is 0 Å². The van der Waals surface area contributed by atoms with Crippen LogP contribution >= 0.6 is 11.6 Å². The zero-order valence-corrected chi connectivity index (χ0v) is 11.2. The van der Waals surface area contributed by atoms with Gasteiger partial charge in [-0.05, 0) is 37.1 Å². The second-order valence-corrected chi connectivity index (χ2v) is 4.09. The first-order chi connectivity index (χ1) is 9.08. The maximum atomic E-state index is 13.4. The molecule has 5 nitrogen and oxygen atoms in total. The van der Waals surface area contributed by atoms with Crippen molar-refractivity contribution in [2.45, 2.75) is 13.8 Å². The number of aromatic nitrogens is 3. The Morgan fingerprint density at radius 1 is 1.32 bits per heavy atom. The van der Waals surface area contributed by atoms with Crippen LogP contribution in [0.25, 0.3) is 0 Å². The highest BCUT2D eigenvalue weighted by Crippen LogP contribution is 2.22. The number of anilines is 1. The molecular formula is C12H12ClFN4O. The van der Waals surface area contributed by atoms with Crippen LogP contribution in [-0.2, 0) is 0 Å². The van der Waals surface area contributed by atoms with Crippen molar-refractivity contribution in [2.24, 2.45) is 0 Å². The Labute approximate surface area is 114 Å². The van der Waals surface area contributed by atoms with Crippen LogP contribution in [0.5, 0.6) is 11.8 Å². The molecule has 0 aliphatic heterocycles. The summed E-state index contributed by atoms with van der Waals surface area (Å²) in [5.41, 5.74) is 0.536. The standard InChI is InChI=1S/C12H12ClFN4O/c1-3-15-11-16-10(13)17-12(18-11)19-8-5-4-7(2)9(14)6-8/h4-6H,3H2,1-2H3,(H,15,16,17,18). The normalized spacial score (nSPS) is 10.3. The number of ether oxygens (including phenoxy) is 1. The van der Waals surface area contributed by atoms with Crippen molar-refractivity contribution >= 4 is 17.5 Å². The highest BCUT2D eigenvalue weighted by atomic mass is 35.5. The highest BCUT2D eigenvalue weighted by Gasteiger charge is 2.08. The van der Waals surface area contributed by atoms with Gasteiger partial charge in [0, 0.05) is 12.6 Å². The quantitative estimate of drug-likeness (QED) is 0.933. The van der Waals surface area contributed by atoms with Gasteiger partial charge in [0.15, 0.2) is 0 Å². The summed E-state index contributed by atoms with van der Waals surface area (Å²) in [5, 5.41) is 2.90. The van der Waals surface area contributed by atoms with Crippen molar-refractivity contribution in [1.82, 2.24) is 15.0 Å². The van der Waals surface area contributed by atoms with Gasteiger partial charge in [-0.15, -0.1) is 0 Å². The summed E-state index contributed by atoms with van der Waals surface area (Å²) >= 11 is 5.75. The van der Waals surface area contributed by atoms with Gasteiger partial charge in [-0.1, -0.05) is 6.07 Å². The lowest BCUT2D eigenvalue weighted by Gasteiger charge is -2.07. The lowest BCUT2D eigenvalue weighted by Crippen LogP contribution is -2.04. The zero-order valence-electron chi connectivity index (χ0n) is 10.4. The molecule has 0 unspecified atom stereocenters. The number of halogens is 2. The van der Waals surface area contributed by atoms with E-state index in [1.54, 1.807) is 19.1 Å². The summed E-state index contributed by atoms with van der Waals surface area (Å²) in [6.07, 6.45) is 0. The van der Waals surface area contributed by atoms with Crippen molar-refractivity contribution in [2.75, 3.05) is 11.9 Å². The topological polar surface area (TPSA) is 59.9 Å². The number of nitrogens with zero attached hydrogens (tertiary/aromatic N) is 3. The van der Waals surface area contributed by atoms with E-state index in [2.05, 4.69) is 20.3 Å². The van der Waals surface area contributed by atoms with Gasteiger partial charge in [-0.25, -0.2) is 4.39 Å². The number of benzene rings is 1. The molecule has 100 valence electrons. The molecule has 2 aromatic rings. The minimum atomic E-state index is -0.357. The third-order valence-corrected chi connectivity index (χ3v) is 2.44. The smallest absolute Gasteiger partial charge is 0.328 e. The molecule has 2 rings (SSSR count). The van der Waals surface area contributed by atoms with Crippen LogP contribution in [0.2, 0.25) is 5.28 Å². The Balaban J connectivity index is 2.24. The van der Waals surface area contributed by atoms with Gasteiger partial charge in [0.05, 0.1) is 0 Å². The van der Waals surface area contributed by atoms with Crippen LogP contribution in [0.4, 0.5) is 10.3 Å². The van der Waals surface area contributed by atoms with Crippen LogP contribution in [0.3, 0.4) is 0 Å². The minimum Gasteiger partial charge on any atom is -0.424 e. The molecule has 0 atom stereocenters. The van der Waals surface area contributed by atoms with E-state index in [9.17, 15) is 4.39 Å². The van der Waals surface area contributed by atoms with Gasteiger partial charge in [0.1, 0.15) is 11.6 Å². The molecule has 1 aromatic carbocycles. The lowest BCUT2D eigenvalue weighted by molar-refractivity contribution is 0.436. The van der Waals surface area contributed by atoms with Gasteiger partial charge in [0.2, 0.25) is 11.2 Å². The number of aryl methyl sites for hydroxylation is 1. The summed E-state index contributed by atoms with van der Waals surface area (Å²) in [7, 11) is 0. The van der Waals surface area contributed by atoms with Crippen LogP contribution in [0, 0.1) is 12.7 Å². The Morgan fingerprint density at radius 2 is 2.11 bits per heavy atom. The molecule has 0 bridgehead atoms. The first-order valence-electron chi connectivity index (χ1n) is 5.68. The van der Waals surface area contributed by atoms with Crippen molar-refractivity contribution in [3.05, 3.63) is 34.9 Å². The largest absolute Gasteiger partial charge is 0.424 e. The number of nitrogens with one attached hydrogen (secondary N) is 1. The fraction of sp³-hybridized carbons (Fsp3) is 0.250. The molecule has 1 aromatic heterocycles. The van der Waals surface area contributed by atoms with E-state index in [1.165, 1.54) is 6.07 Å². The fourth-order valence-electron chi connectivity index (χ4n) is 1.36. The summed E-state index contributed by atoms with van der Waals surface area (Å²) < 4.78 is 18.7. The minimum absolute atomic E-state index is 0.00790. The Kier molecular flexibility index (Phi) is 4.11. The molecule has 0 radical (unpaired) electrons. The molecule has 19 heavy (non-hydrogen) atoms. The molecule has 0 aliphatic rings. The second kappa shape index (κ2) is 5.79. The molecule has 0 saturated heterocycles.